The normalized spacial score (nSPS) is 17.6. The van der Waals surface area contributed by atoms with E-state index in [4.69, 9.17) is 9.47 Å². The van der Waals surface area contributed by atoms with Crippen molar-refractivity contribution in [1.82, 2.24) is 0 Å². The van der Waals surface area contributed by atoms with Crippen LogP contribution in [0.5, 0.6) is 11.5 Å². The number of carbonyl (C=O) groups excluding carboxylic acids is 1. The lowest BCUT2D eigenvalue weighted by Crippen LogP contribution is -2.34. The minimum Gasteiger partial charge on any atom is -0.448 e. The van der Waals surface area contributed by atoms with Gasteiger partial charge in [0.15, 0.2) is 11.5 Å². The van der Waals surface area contributed by atoms with Crippen LogP contribution in [0.15, 0.2) is 48.5 Å². The van der Waals surface area contributed by atoms with Crippen LogP contribution in [0, 0.1) is 0 Å². The molecule has 1 aliphatic carbocycles. The first kappa shape index (κ1) is 13.2. The van der Waals surface area contributed by atoms with Gasteiger partial charge in [-0.2, -0.15) is 0 Å². The summed E-state index contributed by atoms with van der Waals surface area (Å²) in [5.74, 6) is 0.882. The van der Waals surface area contributed by atoms with Crippen LogP contribution in [0.25, 0.3) is 0 Å². The van der Waals surface area contributed by atoms with Gasteiger partial charge in [0, 0.05) is 30.2 Å². The van der Waals surface area contributed by atoms with Gasteiger partial charge in [-0.15, -0.1) is 0 Å². The molecule has 0 aromatic heterocycles. The molecule has 1 spiro atoms. The molecule has 0 atom stereocenters. The maximum atomic E-state index is 12.2. The molecule has 1 heterocycles. The molecule has 0 radical (unpaired) electrons. The molecule has 4 rings (SSSR count). The monoisotopic (exact) mass is 295 g/mol. The predicted octanol–water partition coefficient (Wildman–Crippen LogP) is 3.98. The van der Waals surface area contributed by atoms with E-state index in [0.29, 0.717) is 17.0 Å². The molecule has 2 aliphatic rings. The molecule has 0 unspecified atom stereocenters. The highest BCUT2D eigenvalue weighted by atomic mass is 16.7. The SMILES string of the molecule is O=C(Nc1ccc2c(c1)OC1(CCCC1)O2)c1ccccc1. The Morgan fingerprint density at radius 1 is 0.955 bits per heavy atom. The Labute approximate surface area is 129 Å². The van der Waals surface area contributed by atoms with Crippen molar-refractivity contribution in [2.75, 3.05) is 5.32 Å². The second-order valence-electron chi connectivity index (χ2n) is 5.80. The summed E-state index contributed by atoms with van der Waals surface area (Å²) in [4.78, 5) is 12.2. The summed E-state index contributed by atoms with van der Waals surface area (Å²) in [6.07, 6.45) is 4.11. The first-order valence-electron chi connectivity index (χ1n) is 7.63. The van der Waals surface area contributed by atoms with E-state index in [1.54, 1.807) is 12.1 Å². The van der Waals surface area contributed by atoms with E-state index in [0.717, 1.165) is 31.4 Å². The van der Waals surface area contributed by atoms with Crippen LogP contribution >= 0.6 is 0 Å². The number of fused-ring (bicyclic) bond motifs is 1. The third-order valence-corrected chi connectivity index (χ3v) is 4.19. The molecule has 1 aliphatic heterocycles. The molecule has 1 saturated carbocycles. The van der Waals surface area contributed by atoms with Gasteiger partial charge in [-0.1, -0.05) is 18.2 Å². The van der Waals surface area contributed by atoms with E-state index >= 15 is 0 Å². The van der Waals surface area contributed by atoms with E-state index in [-0.39, 0.29) is 5.91 Å². The van der Waals surface area contributed by atoms with Gasteiger partial charge >= 0.3 is 0 Å². The minimum absolute atomic E-state index is 0.130. The van der Waals surface area contributed by atoms with E-state index in [1.807, 2.05) is 36.4 Å². The summed E-state index contributed by atoms with van der Waals surface area (Å²) in [5, 5.41) is 2.89. The van der Waals surface area contributed by atoms with Crippen LogP contribution in [-0.2, 0) is 0 Å². The largest absolute Gasteiger partial charge is 0.448 e. The first-order chi connectivity index (χ1) is 10.7. The first-order valence-corrected chi connectivity index (χ1v) is 7.63. The average Bonchev–Trinajstić information content (AvgIpc) is 3.14. The average molecular weight is 295 g/mol. The van der Waals surface area contributed by atoms with Crippen LogP contribution in [0.4, 0.5) is 5.69 Å². The predicted molar refractivity (Wildman–Crippen MR) is 83.3 cm³/mol. The molecule has 1 amide bonds. The maximum absolute atomic E-state index is 12.2. The highest BCUT2D eigenvalue weighted by molar-refractivity contribution is 6.04. The summed E-state index contributed by atoms with van der Waals surface area (Å²) in [5.41, 5.74) is 1.35. The molecule has 112 valence electrons. The second-order valence-corrected chi connectivity index (χ2v) is 5.80. The molecular weight excluding hydrogens is 278 g/mol. The van der Waals surface area contributed by atoms with Crippen molar-refractivity contribution >= 4 is 11.6 Å². The smallest absolute Gasteiger partial charge is 0.255 e. The Kier molecular flexibility index (Phi) is 3.03. The Hall–Kier alpha value is -2.49. The van der Waals surface area contributed by atoms with Gasteiger partial charge in [0.1, 0.15) is 0 Å². The van der Waals surface area contributed by atoms with E-state index < -0.39 is 5.79 Å². The molecule has 4 heteroatoms. The Morgan fingerprint density at radius 2 is 1.68 bits per heavy atom. The molecule has 1 fully saturated rings. The Bertz CT molecular complexity index is 706. The number of amides is 1. The van der Waals surface area contributed by atoms with E-state index in [2.05, 4.69) is 5.32 Å². The van der Waals surface area contributed by atoms with Crippen molar-refractivity contribution in [1.29, 1.82) is 0 Å². The van der Waals surface area contributed by atoms with Gasteiger partial charge in [0.25, 0.3) is 11.7 Å². The van der Waals surface area contributed by atoms with E-state index in [1.165, 1.54) is 0 Å². The third-order valence-electron chi connectivity index (χ3n) is 4.19. The quantitative estimate of drug-likeness (QED) is 0.911. The fourth-order valence-electron chi connectivity index (χ4n) is 3.08. The lowest BCUT2D eigenvalue weighted by atomic mass is 10.2. The van der Waals surface area contributed by atoms with Gasteiger partial charge in [0.05, 0.1) is 0 Å². The fraction of sp³-hybridized carbons (Fsp3) is 0.278. The van der Waals surface area contributed by atoms with Crippen molar-refractivity contribution in [2.24, 2.45) is 0 Å². The van der Waals surface area contributed by atoms with Crippen LogP contribution in [-0.4, -0.2) is 11.7 Å². The summed E-state index contributed by atoms with van der Waals surface area (Å²) < 4.78 is 12.0. The van der Waals surface area contributed by atoms with E-state index in [9.17, 15) is 4.79 Å². The molecule has 22 heavy (non-hydrogen) atoms. The molecule has 0 saturated heterocycles. The molecule has 4 nitrogen and oxygen atoms in total. The number of rotatable bonds is 2. The van der Waals surface area contributed by atoms with Crippen molar-refractivity contribution < 1.29 is 14.3 Å². The zero-order valence-corrected chi connectivity index (χ0v) is 12.2. The second kappa shape index (κ2) is 5.05. The van der Waals surface area contributed by atoms with Crippen LogP contribution in [0.2, 0.25) is 0 Å². The lowest BCUT2D eigenvalue weighted by Gasteiger charge is -2.21. The minimum atomic E-state index is -0.468. The molecule has 1 N–H and O–H groups in total. The highest BCUT2D eigenvalue weighted by Gasteiger charge is 2.44. The van der Waals surface area contributed by atoms with Crippen LogP contribution in [0.1, 0.15) is 36.0 Å². The Morgan fingerprint density at radius 3 is 2.45 bits per heavy atom. The van der Waals surface area contributed by atoms with Crippen LogP contribution in [0.3, 0.4) is 0 Å². The number of ether oxygens (including phenoxy) is 2. The summed E-state index contributed by atoms with van der Waals surface area (Å²) in [7, 11) is 0. The number of carbonyl (C=O) groups is 1. The third kappa shape index (κ3) is 2.30. The number of hydrogen-bond donors (Lipinski definition) is 1. The summed E-state index contributed by atoms with van der Waals surface area (Å²) in [6, 6.07) is 14.7. The topological polar surface area (TPSA) is 47.6 Å². The fourth-order valence-corrected chi connectivity index (χ4v) is 3.08. The van der Waals surface area contributed by atoms with Gasteiger partial charge < -0.3 is 14.8 Å². The molecule has 2 aromatic carbocycles. The number of hydrogen-bond acceptors (Lipinski definition) is 3. The Balaban J connectivity index is 1.53. The zero-order valence-electron chi connectivity index (χ0n) is 12.2. The van der Waals surface area contributed by atoms with Gasteiger partial charge in [-0.3, -0.25) is 4.79 Å². The highest BCUT2D eigenvalue weighted by Crippen LogP contribution is 2.47. The number of anilines is 1. The van der Waals surface area contributed by atoms with Crippen molar-refractivity contribution in [2.45, 2.75) is 31.5 Å². The molecule has 0 bridgehead atoms. The summed E-state index contributed by atoms with van der Waals surface area (Å²) in [6.45, 7) is 0. The number of benzene rings is 2. The van der Waals surface area contributed by atoms with Gasteiger partial charge in [-0.25, -0.2) is 0 Å². The van der Waals surface area contributed by atoms with Crippen molar-refractivity contribution in [3.8, 4) is 11.5 Å². The zero-order chi connectivity index (χ0) is 15.0. The van der Waals surface area contributed by atoms with Crippen molar-refractivity contribution in [3.63, 3.8) is 0 Å². The van der Waals surface area contributed by atoms with Crippen molar-refractivity contribution in [3.05, 3.63) is 54.1 Å². The van der Waals surface area contributed by atoms with Gasteiger partial charge in [-0.05, 0) is 37.1 Å². The maximum Gasteiger partial charge on any atom is 0.255 e. The standard InChI is InChI=1S/C18H17NO3/c20-17(13-6-2-1-3-7-13)19-14-8-9-15-16(12-14)22-18(21-15)10-4-5-11-18/h1-3,6-9,12H,4-5,10-11H2,(H,19,20). The molecular formula is C18H17NO3. The van der Waals surface area contributed by atoms with Crippen LogP contribution < -0.4 is 14.8 Å². The lowest BCUT2D eigenvalue weighted by molar-refractivity contribution is -0.0716. The molecule has 2 aromatic rings. The number of nitrogens with one attached hydrogen (secondary N) is 1. The summed E-state index contributed by atoms with van der Waals surface area (Å²) >= 11 is 0. The van der Waals surface area contributed by atoms with Gasteiger partial charge in [0.2, 0.25) is 0 Å².